The van der Waals surface area contributed by atoms with Crippen LogP contribution >= 0.6 is 11.3 Å². The minimum absolute atomic E-state index is 0.113. The molecule has 1 saturated carbocycles. The van der Waals surface area contributed by atoms with Gasteiger partial charge in [-0.15, -0.1) is 11.3 Å². The highest BCUT2D eigenvalue weighted by Crippen LogP contribution is 2.40. The van der Waals surface area contributed by atoms with Gasteiger partial charge in [0.15, 0.2) is 0 Å². The van der Waals surface area contributed by atoms with Gasteiger partial charge in [-0.2, -0.15) is 0 Å². The van der Waals surface area contributed by atoms with E-state index in [1.807, 2.05) is 21.1 Å². The summed E-state index contributed by atoms with van der Waals surface area (Å²) >= 11 is 1.84. The molecule has 35 heavy (non-hydrogen) atoms. The van der Waals surface area contributed by atoms with Crippen LogP contribution in [-0.2, 0) is 16.0 Å². The maximum atomic E-state index is 13.8. The molecule has 188 valence electrons. The van der Waals surface area contributed by atoms with Crippen LogP contribution in [0.3, 0.4) is 0 Å². The number of amides is 2. The standard InChI is InChI=1S/C29H39N3O2S/c1-21-9-6-7-12-24(21)27-25-14-20-35-26(25)13-17-32(27)22(2)28(33)30-15-8-16-31(19-18-30)29(34)23-10-4-3-5-11-23/h6-7,9,12,14,20,22-23,27H,3-5,8,10-11,13,15-19H2,1-2H3/t22-,27-/m1/s1. The van der Waals surface area contributed by atoms with Crippen molar-refractivity contribution in [3.63, 3.8) is 0 Å². The van der Waals surface area contributed by atoms with E-state index in [1.165, 1.54) is 40.8 Å². The minimum Gasteiger partial charge on any atom is -0.341 e. The zero-order valence-electron chi connectivity index (χ0n) is 21.2. The predicted octanol–water partition coefficient (Wildman–Crippen LogP) is 5.03. The van der Waals surface area contributed by atoms with Gasteiger partial charge in [0.25, 0.3) is 0 Å². The lowest BCUT2D eigenvalue weighted by Gasteiger charge is -2.41. The Morgan fingerprint density at radius 1 is 0.886 bits per heavy atom. The first kappa shape index (κ1) is 24.5. The van der Waals surface area contributed by atoms with Crippen LogP contribution in [0.4, 0.5) is 0 Å². The molecule has 0 spiro atoms. The second-order valence-electron chi connectivity index (χ2n) is 10.6. The molecule has 5 rings (SSSR count). The molecular formula is C29H39N3O2S. The van der Waals surface area contributed by atoms with E-state index in [-0.39, 0.29) is 23.9 Å². The second-order valence-corrected chi connectivity index (χ2v) is 11.6. The lowest BCUT2D eigenvalue weighted by atomic mass is 9.88. The van der Waals surface area contributed by atoms with Gasteiger partial charge in [-0.1, -0.05) is 43.5 Å². The molecule has 6 heteroatoms. The highest BCUT2D eigenvalue weighted by molar-refractivity contribution is 7.10. The molecule has 0 N–H and O–H groups in total. The Labute approximate surface area is 214 Å². The Hall–Kier alpha value is -2.18. The molecule has 2 fully saturated rings. The van der Waals surface area contributed by atoms with Gasteiger partial charge in [-0.3, -0.25) is 14.5 Å². The maximum absolute atomic E-state index is 13.8. The first-order valence-corrected chi connectivity index (χ1v) is 14.4. The third kappa shape index (κ3) is 5.05. The summed E-state index contributed by atoms with van der Waals surface area (Å²) in [6.07, 6.45) is 7.55. The minimum atomic E-state index is -0.201. The number of aryl methyl sites for hydroxylation is 1. The molecule has 0 radical (unpaired) electrons. The summed E-state index contributed by atoms with van der Waals surface area (Å²) in [5.74, 6) is 0.731. The monoisotopic (exact) mass is 493 g/mol. The third-order valence-electron chi connectivity index (χ3n) is 8.41. The number of carbonyl (C=O) groups excluding carboxylic acids is 2. The molecule has 2 atom stereocenters. The van der Waals surface area contributed by atoms with Gasteiger partial charge in [-0.25, -0.2) is 0 Å². The first-order valence-electron chi connectivity index (χ1n) is 13.5. The third-order valence-corrected chi connectivity index (χ3v) is 9.41. The van der Waals surface area contributed by atoms with Gasteiger partial charge < -0.3 is 9.80 Å². The summed E-state index contributed by atoms with van der Waals surface area (Å²) in [4.78, 5) is 34.9. The molecule has 2 aliphatic heterocycles. The van der Waals surface area contributed by atoms with Crippen molar-refractivity contribution in [3.8, 4) is 0 Å². The first-order chi connectivity index (χ1) is 17.0. The van der Waals surface area contributed by atoms with E-state index in [1.54, 1.807) is 0 Å². The van der Waals surface area contributed by atoms with Crippen molar-refractivity contribution in [1.82, 2.24) is 14.7 Å². The molecular weight excluding hydrogens is 454 g/mol. The normalized spacial score (nSPS) is 23.0. The highest BCUT2D eigenvalue weighted by atomic mass is 32.1. The van der Waals surface area contributed by atoms with E-state index in [0.29, 0.717) is 19.0 Å². The number of benzene rings is 1. The van der Waals surface area contributed by atoms with Crippen molar-refractivity contribution >= 4 is 23.2 Å². The Bertz CT molecular complexity index is 1040. The molecule has 0 unspecified atom stereocenters. The Balaban J connectivity index is 1.30. The van der Waals surface area contributed by atoms with Crippen LogP contribution in [0.2, 0.25) is 0 Å². The molecule has 0 bridgehead atoms. The summed E-state index contributed by atoms with van der Waals surface area (Å²) in [5, 5.41) is 2.19. The molecule has 5 nitrogen and oxygen atoms in total. The fourth-order valence-electron chi connectivity index (χ4n) is 6.36. The zero-order valence-corrected chi connectivity index (χ0v) is 22.1. The van der Waals surface area contributed by atoms with Crippen molar-refractivity contribution < 1.29 is 9.59 Å². The number of hydrogen-bond acceptors (Lipinski definition) is 4. The molecule has 1 aliphatic carbocycles. The van der Waals surface area contributed by atoms with Gasteiger partial charge in [0.1, 0.15) is 0 Å². The van der Waals surface area contributed by atoms with E-state index >= 15 is 0 Å². The Morgan fingerprint density at radius 3 is 2.43 bits per heavy atom. The van der Waals surface area contributed by atoms with Gasteiger partial charge in [0.2, 0.25) is 11.8 Å². The van der Waals surface area contributed by atoms with Crippen LogP contribution in [-0.4, -0.2) is 65.3 Å². The summed E-state index contributed by atoms with van der Waals surface area (Å²) in [7, 11) is 0. The van der Waals surface area contributed by atoms with Crippen molar-refractivity contribution in [3.05, 3.63) is 57.3 Å². The van der Waals surface area contributed by atoms with Crippen molar-refractivity contribution in [2.24, 2.45) is 5.92 Å². The zero-order chi connectivity index (χ0) is 24.4. The van der Waals surface area contributed by atoms with Crippen LogP contribution in [0.15, 0.2) is 35.7 Å². The quantitative estimate of drug-likeness (QED) is 0.600. The maximum Gasteiger partial charge on any atom is 0.239 e. The highest BCUT2D eigenvalue weighted by Gasteiger charge is 2.37. The number of rotatable bonds is 4. The summed E-state index contributed by atoms with van der Waals surface area (Å²) in [6.45, 7) is 7.98. The molecule has 1 aromatic carbocycles. The van der Waals surface area contributed by atoms with Crippen molar-refractivity contribution in [2.45, 2.75) is 70.9 Å². The fraction of sp³-hybridized carbons (Fsp3) is 0.586. The molecule has 3 heterocycles. The van der Waals surface area contributed by atoms with Gasteiger partial charge >= 0.3 is 0 Å². The van der Waals surface area contributed by atoms with E-state index in [4.69, 9.17) is 0 Å². The fourth-order valence-corrected chi connectivity index (χ4v) is 7.27. The van der Waals surface area contributed by atoms with Crippen LogP contribution in [0.1, 0.15) is 73.1 Å². The van der Waals surface area contributed by atoms with E-state index in [9.17, 15) is 9.59 Å². The van der Waals surface area contributed by atoms with Crippen LogP contribution in [0.25, 0.3) is 0 Å². The van der Waals surface area contributed by atoms with E-state index in [0.717, 1.165) is 45.3 Å². The lowest BCUT2D eigenvalue weighted by molar-refractivity contribution is -0.139. The molecule has 3 aliphatic rings. The molecule has 1 saturated heterocycles. The topological polar surface area (TPSA) is 43.9 Å². The number of carbonyl (C=O) groups is 2. The van der Waals surface area contributed by atoms with Crippen LogP contribution in [0.5, 0.6) is 0 Å². The average molecular weight is 494 g/mol. The van der Waals surface area contributed by atoms with E-state index in [2.05, 4.69) is 54.5 Å². The number of fused-ring (bicyclic) bond motifs is 1. The van der Waals surface area contributed by atoms with Crippen LogP contribution < -0.4 is 0 Å². The van der Waals surface area contributed by atoms with Crippen LogP contribution in [0, 0.1) is 12.8 Å². The molecule has 2 amide bonds. The molecule has 1 aromatic heterocycles. The average Bonchev–Trinajstić information content (AvgIpc) is 3.24. The Kier molecular flexibility index (Phi) is 7.59. The second kappa shape index (κ2) is 10.8. The lowest BCUT2D eigenvalue weighted by Crippen LogP contribution is -2.51. The SMILES string of the molecule is Cc1ccccc1[C@@H]1c2ccsc2CCN1[C@H](C)C(=O)N1CCCN(C(=O)C2CCCCC2)CC1. The number of hydrogen-bond donors (Lipinski definition) is 0. The van der Waals surface area contributed by atoms with Crippen molar-refractivity contribution in [1.29, 1.82) is 0 Å². The summed E-state index contributed by atoms with van der Waals surface area (Å²) in [6, 6.07) is 10.8. The predicted molar refractivity (Wildman–Crippen MR) is 142 cm³/mol. The van der Waals surface area contributed by atoms with Crippen molar-refractivity contribution in [2.75, 3.05) is 32.7 Å². The van der Waals surface area contributed by atoms with E-state index < -0.39 is 0 Å². The summed E-state index contributed by atoms with van der Waals surface area (Å²) in [5.41, 5.74) is 3.93. The van der Waals surface area contributed by atoms with Gasteiger partial charge in [-0.05, 0) is 67.7 Å². The Morgan fingerprint density at radius 2 is 1.63 bits per heavy atom. The number of thiophene rings is 1. The summed E-state index contributed by atoms with van der Waals surface area (Å²) < 4.78 is 0. The van der Waals surface area contributed by atoms with Gasteiger partial charge in [0, 0.05) is 43.5 Å². The smallest absolute Gasteiger partial charge is 0.239 e. The number of nitrogens with zero attached hydrogens (tertiary/aromatic N) is 3. The molecule has 2 aromatic rings. The largest absolute Gasteiger partial charge is 0.341 e. The van der Waals surface area contributed by atoms with Gasteiger partial charge in [0.05, 0.1) is 12.1 Å².